The van der Waals surface area contributed by atoms with Crippen molar-refractivity contribution in [3.05, 3.63) is 35.6 Å². The van der Waals surface area contributed by atoms with Gasteiger partial charge in [-0.05, 0) is 31.0 Å². The Morgan fingerprint density at radius 3 is 2.74 bits per heavy atom. The summed E-state index contributed by atoms with van der Waals surface area (Å²) in [6, 6.07) is 7.24. The fourth-order valence-corrected chi connectivity index (χ4v) is 1.94. The third-order valence-corrected chi connectivity index (χ3v) is 3.21. The molecule has 0 aliphatic heterocycles. The van der Waals surface area contributed by atoms with Crippen molar-refractivity contribution in [3.8, 4) is 0 Å². The highest BCUT2D eigenvalue weighted by molar-refractivity contribution is 5.96. The van der Waals surface area contributed by atoms with E-state index >= 15 is 0 Å². The van der Waals surface area contributed by atoms with Crippen molar-refractivity contribution in [1.82, 2.24) is 5.32 Å². The molecule has 1 heterocycles. The number of amides is 1. The van der Waals surface area contributed by atoms with Gasteiger partial charge in [-0.3, -0.25) is 4.79 Å². The zero-order valence-electron chi connectivity index (χ0n) is 11.4. The third-order valence-electron chi connectivity index (χ3n) is 3.21. The minimum Gasteiger partial charge on any atom is -0.451 e. The van der Waals surface area contributed by atoms with E-state index in [1.807, 2.05) is 39.0 Å². The Bertz CT molecular complexity index is 586. The Hall–Kier alpha value is -1.81. The maximum absolute atomic E-state index is 12.1. The van der Waals surface area contributed by atoms with Gasteiger partial charge in [-0.15, -0.1) is 0 Å². The summed E-state index contributed by atoms with van der Waals surface area (Å²) in [5.74, 6) is 0.155. The second-order valence-electron chi connectivity index (χ2n) is 5.16. The standard InChI is InChI=1S/C15H19NO3/c1-9(2)12(8-17)16-15(18)14-7-11-6-10(3)4-5-13(11)19-14/h4-7,9,12,17H,8H2,1-3H3,(H,16,18)/t12-/m1/s1. The van der Waals surface area contributed by atoms with Crippen LogP contribution in [0, 0.1) is 12.8 Å². The van der Waals surface area contributed by atoms with Gasteiger partial charge in [-0.1, -0.05) is 25.5 Å². The van der Waals surface area contributed by atoms with E-state index < -0.39 is 0 Å². The Kier molecular flexibility index (Phi) is 3.90. The monoisotopic (exact) mass is 261 g/mol. The number of fused-ring (bicyclic) bond motifs is 1. The Labute approximate surface area is 112 Å². The van der Waals surface area contributed by atoms with Crippen molar-refractivity contribution in [2.45, 2.75) is 26.8 Å². The van der Waals surface area contributed by atoms with E-state index in [9.17, 15) is 9.90 Å². The van der Waals surface area contributed by atoms with Gasteiger partial charge in [0.25, 0.3) is 5.91 Å². The summed E-state index contributed by atoms with van der Waals surface area (Å²) in [7, 11) is 0. The number of carbonyl (C=O) groups excluding carboxylic acids is 1. The average Bonchev–Trinajstić information content (AvgIpc) is 2.78. The molecule has 2 rings (SSSR count). The molecule has 0 bridgehead atoms. The summed E-state index contributed by atoms with van der Waals surface area (Å²) in [6.45, 7) is 5.81. The van der Waals surface area contributed by atoms with Gasteiger partial charge in [0.15, 0.2) is 5.76 Å². The highest BCUT2D eigenvalue weighted by Gasteiger charge is 2.18. The van der Waals surface area contributed by atoms with E-state index in [0.717, 1.165) is 10.9 Å². The molecule has 1 aromatic heterocycles. The lowest BCUT2D eigenvalue weighted by Crippen LogP contribution is -2.40. The number of hydrogen-bond donors (Lipinski definition) is 2. The third kappa shape index (κ3) is 2.96. The largest absolute Gasteiger partial charge is 0.451 e. The molecular weight excluding hydrogens is 242 g/mol. The van der Waals surface area contributed by atoms with Crippen LogP contribution in [0.15, 0.2) is 28.7 Å². The number of carbonyl (C=O) groups is 1. The fraction of sp³-hybridized carbons (Fsp3) is 0.400. The summed E-state index contributed by atoms with van der Waals surface area (Å²) in [4.78, 5) is 12.1. The maximum atomic E-state index is 12.1. The number of benzene rings is 1. The van der Waals surface area contributed by atoms with E-state index in [-0.39, 0.29) is 30.2 Å². The quantitative estimate of drug-likeness (QED) is 0.888. The Morgan fingerprint density at radius 1 is 1.37 bits per heavy atom. The molecular formula is C15H19NO3. The van der Waals surface area contributed by atoms with Crippen molar-refractivity contribution in [1.29, 1.82) is 0 Å². The van der Waals surface area contributed by atoms with Crippen molar-refractivity contribution in [2.75, 3.05) is 6.61 Å². The second kappa shape index (κ2) is 5.45. The number of hydrogen-bond acceptors (Lipinski definition) is 3. The Balaban J connectivity index is 2.21. The van der Waals surface area contributed by atoms with Crippen LogP contribution in [-0.2, 0) is 0 Å². The zero-order chi connectivity index (χ0) is 14.0. The van der Waals surface area contributed by atoms with Crippen LogP contribution in [0.25, 0.3) is 11.0 Å². The van der Waals surface area contributed by atoms with E-state index in [1.54, 1.807) is 6.07 Å². The van der Waals surface area contributed by atoms with Crippen molar-refractivity contribution in [3.63, 3.8) is 0 Å². The van der Waals surface area contributed by atoms with Crippen LogP contribution >= 0.6 is 0 Å². The molecule has 4 heteroatoms. The number of rotatable bonds is 4. The molecule has 1 aromatic carbocycles. The van der Waals surface area contributed by atoms with Gasteiger partial charge in [0, 0.05) is 5.39 Å². The normalized spacial score (nSPS) is 12.9. The van der Waals surface area contributed by atoms with E-state index in [0.29, 0.717) is 5.58 Å². The molecule has 1 atom stereocenters. The molecule has 4 nitrogen and oxygen atoms in total. The summed E-state index contributed by atoms with van der Waals surface area (Å²) in [5.41, 5.74) is 1.82. The van der Waals surface area contributed by atoms with Crippen LogP contribution in [0.1, 0.15) is 30.0 Å². The molecule has 102 valence electrons. The van der Waals surface area contributed by atoms with Crippen LogP contribution in [0.5, 0.6) is 0 Å². The van der Waals surface area contributed by atoms with E-state index in [2.05, 4.69) is 5.32 Å². The first-order valence-corrected chi connectivity index (χ1v) is 6.43. The van der Waals surface area contributed by atoms with Gasteiger partial charge in [0.1, 0.15) is 5.58 Å². The molecule has 0 saturated heterocycles. The number of nitrogens with one attached hydrogen (secondary N) is 1. The number of aliphatic hydroxyl groups excluding tert-OH is 1. The lowest BCUT2D eigenvalue weighted by Gasteiger charge is -2.18. The molecule has 0 saturated carbocycles. The van der Waals surface area contributed by atoms with Gasteiger partial charge < -0.3 is 14.8 Å². The summed E-state index contributed by atoms with van der Waals surface area (Å²) in [5, 5.41) is 12.9. The van der Waals surface area contributed by atoms with Crippen LogP contribution < -0.4 is 5.32 Å². The maximum Gasteiger partial charge on any atom is 0.287 e. The number of furan rings is 1. The second-order valence-corrected chi connectivity index (χ2v) is 5.16. The zero-order valence-corrected chi connectivity index (χ0v) is 11.4. The molecule has 1 amide bonds. The molecule has 0 aliphatic carbocycles. The predicted octanol–water partition coefficient (Wildman–Crippen LogP) is 2.49. The highest BCUT2D eigenvalue weighted by Crippen LogP contribution is 2.20. The minimum absolute atomic E-state index is 0.0806. The molecule has 0 spiro atoms. The number of aliphatic hydroxyl groups is 1. The summed E-state index contributed by atoms with van der Waals surface area (Å²) >= 11 is 0. The molecule has 0 unspecified atom stereocenters. The predicted molar refractivity (Wildman–Crippen MR) is 74.1 cm³/mol. The topological polar surface area (TPSA) is 62.5 Å². The van der Waals surface area contributed by atoms with Gasteiger partial charge in [-0.25, -0.2) is 0 Å². The first-order chi connectivity index (χ1) is 9.01. The molecule has 2 aromatic rings. The van der Waals surface area contributed by atoms with Crippen LogP contribution in [-0.4, -0.2) is 23.7 Å². The van der Waals surface area contributed by atoms with Crippen LogP contribution in [0.2, 0.25) is 0 Å². The lowest BCUT2D eigenvalue weighted by atomic mass is 10.1. The van der Waals surface area contributed by atoms with E-state index in [1.165, 1.54) is 0 Å². The smallest absolute Gasteiger partial charge is 0.287 e. The number of aryl methyl sites for hydroxylation is 1. The van der Waals surface area contributed by atoms with Crippen LogP contribution in [0.3, 0.4) is 0 Å². The fourth-order valence-electron chi connectivity index (χ4n) is 1.94. The average molecular weight is 261 g/mol. The Morgan fingerprint density at radius 2 is 2.11 bits per heavy atom. The minimum atomic E-state index is -0.290. The molecule has 0 radical (unpaired) electrons. The van der Waals surface area contributed by atoms with Gasteiger partial charge in [-0.2, -0.15) is 0 Å². The van der Waals surface area contributed by atoms with Gasteiger partial charge in [0.05, 0.1) is 12.6 Å². The first-order valence-electron chi connectivity index (χ1n) is 6.43. The summed E-state index contributed by atoms with van der Waals surface area (Å²) < 4.78 is 5.52. The SMILES string of the molecule is Cc1ccc2oc(C(=O)N[C@H](CO)C(C)C)cc2c1. The molecule has 2 N–H and O–H groups in total. The highest BCUT2D eigenvalue weighted by atomic mass is 16.3. The van der Waals surface area contributed by atoms with Crippen LogP contribution in [0.4, 0.5) is 0 Å². The molecule has 19 heavy (non-hydrogen) atoms. The van der Waals surface area contributed by atoms with Gasteiger partial charge in [0.2, 0.25) is 0 Å². The van der Waals surface area contributed by atoms with E-state index in [4.69, 9.17) is 4.42 Å². The van der Waals surface area contributed by atoms with Gasteiger partial charge >= 0.3 is 0 Å². The van der Waals surface area contributed by atoms with Crippen molar-refractivity contribution >= 4 is 16.9 Å². The molecule has 0 fully saturated rings. The lowest BCUT2D eigenvalue weighted by molar-refractivity contribution is 0.0871. The van der Waals surface area contributed by atoms with Crippen molar-refractivity contribution in [2.24, 2.45) is 5.92 Å². The molecule has 0 aliphatic rings. The van der Waals surface area contributed by atoms with Crippen molar-refractivity contribution < 1.29 is 14.3 Å². The first kappa shape index (κ1) is 13.6. The summed E-state index contributed by atoms with van der Waals surface area (Å²) in [6.07, 6.45) is 0.